The number of pyridine rings is 1. The maximum absolute atomic E-state index is 13.1. The van der Waals surface area contributed by atoms with Gasteiger partial charge in [0, 0.05) is 43.6 Å². The van der Waals surface area contributed by atoms with Crippen LogP contribution >= 0.6 is 0 Å². The molecule has 3 aromatic rings. The molecule has 0 saturated carbocycles. The van der Waals surface area contributed by atoms with Crippen molar-refractivity contribution in [2.24, 2.45) is 5.92 Å². The van der Waals surface area contributed by atoms with Crippen LogP contribution in [0.3, 0.4) is 0 Å². The van der Waals surface area contributed by atoms with E-state index in [1.165, 1.54) is 17.7 Å². The molecule has 4 rings (SSSR count). The van der Waals surface area contributed by atoms with Crippen LogP contribution < -0.4 is 0 Å². The Kier molecular flexibility index (Phi) is 7.86. The van der Waals surface area contributed by atoms with Gasteiger partial charge in [0.1, 0.15) is 0 Å². The Morgan fingerprint density at radius 1 is 1.03 bits per heavy atom. The van der Waals surface area contributed by atoms with Crippen molar-refractivity contribution in [3.8, 4) is 0 Å². The van der Waals surface area contributed by atoms with Crippen molar-refractivity contribution in [1.29, 1.82) is 0 Å². The Hall–Kier alpha value is -3.19. The molecule has 0 unspecified atom stereocenters. The van der Waals surface area contributed by atoms with E-state index in [1.807, 2.05) is 30.5 Å². The van der Waals surface area contributed by atoms with E-state index in [0.29, 0.717) is 19.0 Å². The van der Waals surface area contributed by atoms with E-state index in [1.54, 1.807) is 11.1 Å². The molecule has 0 aliphatic carbocycles. The molecule has 1 aromatic heterocycles. The Bertz CT molecular complexity index is 1100. The van der Waals surface area contributed by atoms with E-state index in [-0.39, 0.29) is 17.5 Å². The molecule has 1 atom stereocenters. The van der Waals surface area contributed by atoms with Gasteiger partial charge in [0.2, 0.25) is 0 Å². The zero-order valence-corrected chi connectivity index (χ0v) is 19.8. The molecule has 0 spiro atoms. The number of hydrogen-bond acceptors (Lipinski definition) is 3. The summed E-state index contributed by atoms with van der Waals surface area (Å²) in [7, 11) is 2.13. The predicted molar refractivity (Wildman–Crippen MR) is 130 cm³/mol. The van der Waals surface area contributed by atoms with Gasteiger partial charge in [-0.05, 0) is 67.6 Å². The second kappa shape index (κ2) is 11.0. The van der Waals surface area contributed by atoms with Crippen LogP contribution in [0.5, 0.6) is 0 Å². The topological polar surface area (TPSA) is 36.4 Å². The van der Waals surface area contributed by atoms with Crippen LogP contribution in [0.4, 0.5) is 13.2 Å². The van der Waals surface area contributed by atoms with Crippen molar-refractivity contribution in [2.75, 3.05) is 20.1 Å². The monoisotopic (exact) mass is 481 g/mol. The van der Waals surface area contributed by atoms with Gasteiger partial charge < -0.3 is 4.90 Å². The molecule has 0 N–H and O–H groups in total. The fourth-order valence-electron chi connectivity index (χ4n) is 4.93. The maximum Gasteiger partial charge on any atom is 0.416 e. The van der Waals surface area contributed by atoms with E-state index in [4.69, 9.17) is 0 Å². The van der Waals surface area contributed by atoms with Gasteiger partial charge in [-0.25, -0.2) is 0 Å². The third kappa shape index (κ3) is 6.48. The van der Waals surface area contributed by atoms with Gasteiger partial charge >= 0.3 is 6.18 Å². The van der Waals surface area contributed by atoms with Crippen LogP contribution in [0.2, 0.25) is 0 Å². The van der Waals surface area contributed by atoms with E-state index in [9.17, 15) is 18.0 Å². The molecule has 1 fully saturated rings. The number of amides is 1. The third-order valence-electron chi connectivity index (χ3n) is 6.82. The number of alkyl halides is 3. The Morgan fingerprint density at radius 2 is 1.74 bits per heavy atom. The second-order valence-electron chi connectivity index (χ2n) is 9.24. The summed E-state index contributed by atoms with van der Waals surface area (Å²) < 4.78 is 39.3. The second-order valence-corrected chi connectivity index (χ2v) is 9.24. The van der Waals surface area contributed by atoms with Crippen molar-refractivity contribution < 1.29 is 18.0 Å². The minimum Gasteiger partial charge on any atom is -0.339 e. The van der Waals surface area contributed by atoms with Gasteiger partial charge in [-0.2, -0.15) is 13.2 Å². The Labute approximate surface area is 204 Å². The van der Waals surface area contributed by atoms with E-state index in [0.717, 1.165) is 43.5 Å². The number of carbonyl (C=O) groups excluding carboxylic acids is 1. The SMILES string of the molecule is CN(Cc1cccnc1)[C@@H](Cc1ccccc1)C1CCN(C(=O)c2cccc(C(F)(F)F)c2)CC1. The average Bonchev–Trinajstić information content (AvgIpc) is 2.88. The van der Waals surface area contributed by atoms with Gasteiger partial charge in [0.25, 0.3) is 5.91 Å². The van der Waals surface area contributed by atoms with Crippen molar-refractivity contribution in [3.63, 3.8) is 0 Å². The summed E-state index contributed by atoms with van der Waals surface area (Å²) in [6, 6.07) is 19.4. The molecule has 4 nitrogen and oxygen atoms in total. The molecule has 1 aliphatic rings. The summed E-state index contributed by atoms with van der Waals surface area (Å²) in [4.78, 5) is 21.2. The molecular formula is C28H30F3N3O. The van der Waals surface area contributed by atoms with Crippen LogP contribution in [0.25, 0.3) is 0 Å². The lowest BCUT2D eigenvalue weighted by Crippen LogP contribution is -2.46. The van der Waals surface area contributed by atoms with Crippen LogP contribution in [0.15, 0.2) is 79.1 Å². The molecule has 0 bridgehead atoms. The first-order chi connectivity index (χ1) is 16.8. The Morgan fingerprint density at radius 3 is 2.40 bits per heavy atom. The molecule has 0 radical (unpaired) electrons. The van der Waals surface area contributed by atoms with Crippen molar-refractivity contribution >= 4 is 5.91 Å². The number of rotatable bonds is 7. The normalized spacial score (nSPS) is 15.9. The van der Waals surface area contributed by atoms with Gasteiger partial charge in [-0.1, -0.05) is 42.5 Å². The number of halogens is 3. The number of benzene rings is 2. The zero-order valence-electron chi connectivity index (χ0n) is 19.8. The molecule has 1 aliphatic heterocycles. The lowest BCUT2D eigenvalue weighted by Gasteiger charge is -2.40. The first-order valence-electron chi connectivity index (χ1n) is 11.9. The van der Waals surface area contributed by atoms with E-state index in [2.05, 4.69) is 35.1 Å². The summed E-state index contributed by atoms with van der Waals surface area (Å²) >= 11 is 0. The highest BCUT2D eigenvalue weighted by molar-refractivity contribution is 5.94. The third-order valence-corrected chi connectivity index (χ3v) is 6.82. The van der Waals surface area contributed by atoms with Crippen LogP contribution in [0, 0.1) is 5.92 Å². The Balaban J connectivity index is 1.45. The van der Waals surface area contributed by atoms with Crippen LogP contribution in [-0.2, 0) is 19.1 Å². The largest absolute Gasteiger partial charge is 0.416 e. The van der Waals surface area contributed by atoms with Crippen molar-refractivity contribution in [3.05, 3.63) is 101 Å². The maximum atomic E-state index is 13.1. The average molecular weight is 482 g/mol. The highest BCUT2D eigenvalue weighted by Crippen LogP contribution is 2.31. The number of nitrogens with zero attached hydrogens (tertiary/aromatic N) is 3. The first kappa shape index (κ1) is 24.9. The molecule has 1 amide bonds. The molecule has 7 heteroatoms. The number of piperidine rings is 1. The summed E-state index contributed by atoms with van der Waals surface area (Å²) in [5, 5.41) is 0. The standard InChI is InChI=1S/C28H30F3N3O/c1-33(20-22-9-6-14-32-19-22)26(17-21-7-3-2-4-8-21)23-12-15-34(16-13-23)27(35)24-10-5-11-25(18-24)28(29,30)31/h2-11,14,18-19,23,26H,12-13,15-17,20H2,1H3/t26-/m0/s1. The molecule has 184 valence electrons. The molecule has 1 saturated heterocycles. The fourth-order valence-corrected chi connectivity index (χ4v) is 4.93. The number of likely N-dealkylation sites (N-methyl/N-ethyl adjacent to an activating group) is 1. The van der Waals surface area contributed by atoms with Crippen molar-refractivity contribution in [1.82, 2.24) is 14.8 Å². The number of hydrogen-bond donors (Lipinski definition) is 0. The van der Waals surface area contributed by atoms with Gasteiger partial charge in [-0.15, -0.1) is 0 Å². The summed E-state index contributed by atoms with van der Waals surface area (Å²) in [6.45, 7) is 1.84. The highest BCUT2D eigenvalue weighted by Gasteiger charge is 2.33. The van der Waals surface area contributed by atoms with Gasteiger partial charge in [0.05, 0.1) is 5.56 Å². The summed E-state index contributed by atoms with van der Waals surface area (Å²) in [5.74, 6) is 0.0281. The van der Waals surface area contributed by atoms with E-state index >= 15 is 0 Å². The minimum atomic E-state index is -4.47. The number of likely N-dealkylation sites (tertiary alicyclic amines) is 1. The fraction of sp³-hybridized carbons (Fsp3) is 0.357. The van der Waals surface area contributed by atoms with Gasteiger partial charge in [0.15, 0.2) is 0 Å². The summed E-state index contributed by atoms with van der Waals surface area (Å²) in [5.41, 5.74) is 1.70. The molecule has 35 heavy (non-hydrogen) atoms. The smallest absolute Gasteiger partial charge is 0.339 e. The zero-order chi connectivity index (χ0) is 24.8. The van der Waals surface area contributed by atoms with Crippen molar-refractivity contribution in [2.45, 2.75) is 38.0 Å². The quantitative estimate of drug-likeness (QED) is 0.435. The van der Waals surface area contributed by atoms with Crippen LogP contribution in [-0.4, -0.2) is 46.9 Å². The number of carbonyl (C=O) groups is 1. The minimum absolute atomic E-state index is 0.0906. The molecular weight excluding hydrogens is 451 g/mol. The molecule has 2 aromatic carbocycles. The summed E-state index contributed by atoms with van der Waals surface area (Å²) in [6.07, 6.45) is 1.68. The van der Waals surface area contributed by atoms with Gasteiger partial charge in [-0.3, -0.25) is 14.7 Å². The predicted octanol–water partition coefficient (Wildman–Crippen LogP) is 5.70. The highest BCUT2D eigenvalue weighted by atomic mass is 19.4. The molecule has 2 heterocycles. The first-order valence-corrected chi connectivity index (χ1v) is 11.9. The lowest BCUT2D eigenvalue weighted by atomic mass is 9.84. The number of aromatic nitrogens is 1. The van der Waals surface area contributed by atoms with E-state index < -0.39 is 11.7 Å². The van der Waals surface area contributed by atoms with Crippen LogP contribution in [0.1, 0.15) is 39.9 Å². The lowest BCUT2D eigenvalue weighted by molar-refractivity contribution is -0.137.